The summed E-state index contributed by atoms with van der Waals surface area (Å²) in [7, 11) is 4.90. The van der Waals surface area contributed by atoms with Crippen LogP contribution >= 0.6 is 11.6 Å². The van der Waals surface area contributed by atoms with Crippen LogP contribution in [0.25, 0.3) is 22.3 Å². The van der Waals surface area contributed by atoms with Gasteiger partial charge in [-0.1, -0.05) is 41.9 Å². The molecule has 0 spiro atoms. The Kier molecular flexibility index (Phi) is 8.34. The van der Waals surface area contributed by atoms with E-state index in [1.165, 1.54) is 24.3 Å². The molecule has 3 atom stereocenters. The third-order valence-corrected chi connectivity index (χ3v) is 8.82. The van der Waals surface area contributed by atoms with Crippen molar-refractivity contribution in [3.05, 3.63) is 82.3 Å². The molecule has 2 amide bonds. The van der Waals surface area contributed by atoms with Gasteiger partial charge in [0, 0.05) is 61.9 Å². The lowest BCUT2D eigenvalue weighted by atomic mass is 9.94. The number of fused-ring (bicyclic) bond motifs is 1. The molecular formula is C33H34ClFN4O5. The number of hydrogen-bond donors (Lipinski definition) is 2. The molecule has 2 unspecified atom stereocenters. The summed E-state index contributed by atoms with van der Waals surface area (Å²) < 4.78 is 31.9. The molecule has 0 saturated carbocycles. The van der Waals surface area contributed by atoms with Gasteiger partial charge in [0.05, 0.1) is 18.7 Å². The summed E-state index contributed by atoms with van der Waals surface area (Å²) in [6, 6.07) is 14.5. The largest absolute Gasteiger partial charge is 0.496 e. The summed E-state index contributed by atoms with van der Waals surface area (Å²) in [5.41, 5.74) is 4.47. The van der Waals surface area contributed by atoms with Gasteiger partial charge in [0.1, 0.15) is 17.1 Å². The van der Waals surface area contributed by atoms with Gasteiger partial charge in [0.25, 0.3) is 11.8 Å². The van der Waals surface area contributed by atoms with Gasteiger partial charge in [-0.25, -0.2) is 4.39 Å². The number of epoxide rings is 1. The third-order valence-electron chi connectivity index (χ3n) is 8.41. The smallest absolute Gasteiger partial charge is 0.262 e. The summed E-state index contributed by atoms with van der Waals surface area (Å²) in [6.07, 6.45) is 1.77. The number of nitrogens with zero attached hydrogens (tertiary/aromatic N) is 2. The van der Waals surface area contributed by atoms with Crippen molar-refractivity contribution in [2.45, 2.75) is 38.4 Å². The predicted octanol–water partition coefficient (Wildman–Crippen LogP) is 4.92. The molecule has 3 aliphatic heterocycles. The van der Waals surface area contributed by atoms with Crippen molar-refractivity contribution < 1.29 is 28.2 Å². The fraction of sp³-hybridized carbons (Fsp3) is 0.333. The molecule has 44 heavy (non-hydrogen) atoms. The van der Waals surface area contributed by atoms with E-state index in [-0.39, 0.29) is 24.1 Å². The van der Waals surface area contributed by atoms with Gasteiger partial charge in [-0.15, -0.1) is 0 Å². The molecule has 2 fully saturated rings. The first-order valence-electron chi connectivity index (χ1n) is 14.4. The van der Waals surface area contributed by atoms with E-state index in [1.54, 1.807) is 31.1 Å². The molecule has 11 heteroatoms. The lowest BCUT2D eigenvalue weighted by Crippen LogP contribution is -2.34. The van der Waals surface area contributed by atoms with Gasteiger partial charge in [0.2, 0.25) is 0 Å². The molecule has 3 heterocycles. The second kappa shape index (κ2) is 12.2. The van der Waals surface area contributed by atoms with Gasteiger partial charge in [0.15, 0.2) is 12.5 Å². The maximum Gasteiger partial charge on any atom is 0.262 e. The number of methoxy groups -OCH3 is 1. The first-order valence-corrected chi connectivity index (χ1v) is 14.8. The minimum absolute atomic E-state index is 0.0156. The van der Waals surface area contributed by atoms with Crippen molar-refractivity contribution in [3.63, 3.8) is 0 Å². The highest BCUT2D eigenvalue weighted by molar-refractivity contribution is 6.36. The third kappa shape index (κ3) is 5.66. The van der Waals surface area contributed by atoms with Crippen LogP contribution in [-0.2, 0) is 25.6 Å². The fourth-order valence-corrected chi connectivity index (χ4v) is 6.09. The van der Waals surface area contributed by atoms with Gasteiger partial charge in [-0.05, 0) is 48.2 Å². The maximum absolute atomic E-state index is 15.5. The molecule has 3 aromatic rings. The minimum atomic E-state index is -0.521. The molecule has 6 rings (SSSR count). The van der Waals surface area contributed by atoms with Crippen molar-refractivity contribution in [1.82, 2.24) is 15.1 Å². The van der Waals surface area contributed by atoms with E-state index in [2.05, 4.69) is 10.6 Å². The lowest BCUT2D eigenvalue weighted by molar-refractivity contribution is -0.129. The highest BCUT2D eigenvalue weighted by Crippen LogP contribution is 2.41. The van der Waals surface area contributed by atoms with Gasteiger partial charge < -0.3 is 34.6 Å². The number of hydrogen-bond acceptors (Lipinski definition) is 7. The van der Waals surface area contributed by atoms with Gasteiger partial charge in [-0.2, -0.15) is 0 Å². The lowest BCUT2D eigenvalue weighted by Gasteiger charge is -2.18. The van der Waals surface area contributed by atoms with Crippen LogP contribution in [0.2, 0.25) is 5.02 Å². The van der Waals surface area contributed by atoms with Crippen LogP contribution in [-0.4, -0.2) is 74.5 Å². The molecule has 0 aromatic heterocycles. The number of anilines is 1. The second-order valence-electron chi connectivity index (χ2n) is 11.2. The quantitative estimate of drug-likeness (QED) is 0.273. The van der Waals surface area contributed by atoms with Crippen LogP contribution in [0.1, 0.15) is 17.5 Å². The molecule has 3 aromatic carbocycles. The molecule has 3 aliphatic rings. The zero-order valence-electron chi connectivity index (χ0n) is 24.9. The monoisotopic (exact) mass is 620 g/mol. The zero-order valence-corrected chi connectivity index (χ0v) is 25.7. The maximum atomic E-state index is 15.5. The van der Waals surface area contributed by atoms with E-state index >= 15 is 4.39 Å². The van der Waals surface area contributed by atoms with Crippen LogP contribution < -0.4 is 15.4 Å². The van der Waals surface area contributed by atoms with Crippen molar-refractivity contribution in [1.29, 1.82) is 0 Å². The van der Waals surface area contributed by atoms with Crippen LogP contribution in [0, 0.1) is 12.7 Å². The van der Waals surface area contributed by atoms with Crippen molar-refractivity contribution in [2.24, 2.45) is 0 Å². The number of benzene rings is 3. The van der Waals surface area contributed by atoms with Crippen LogP contribution in [0.5, 0.6) is 5.75 Å². The normalized spacial score (nSPS) is 21.1. The average molecular weight is 621 g/mol. The number of amides is 2. The highest BCUT2D eigenvalue weighted by atomic mass is 35.5. The Bertz CT molecular complexity index is 1660. The molecule has 2 saturated heterocycles. The Hall–Kier alpha value is -3.96. The fourth-order valence-electron chi connectivity index (χ4n) is 5.75. The molecular weight excluding hydrogens is 587 g/mol. The summed E-state index contributed by atoms with van der Waals surface area (Å²) >= 11 is 7.00. The first kappa shape index (κ1) is 30.1. The summed E-state index contributed by atoms with van der Waals surface area (Å²) in [5, 5.41) is 6.67. The van der Waals surface area contributed by atoms with Crippen LogP contribution in [0.4, 0.5) is 10.1 Å². The summed E-state index contributed by atoms with van der Waals surface area (Å²) in [6.45, 7) is 3.50. The van der Waals surface area contributed by atoms with Crippen LogP contribution in [0.15, 0.2) is 60.3 Å². The molecule has 0 radical (unpaired) electrons. The Morgan fingerprint density at radius 3 is 2.61 bits per heavy atom. The zero-order chi connectivity index (χ0) is 31.1. The van der Waals surface area contributed by atoms with E-state index in [9.17, 15) is 9.59 Å². The number of halogens is 2. The van der Waals surface area contributed by atoms with E-state index in [0.717, 1.165) is 17.5 Å². The first-order chi connectivity index (χ1) is 21.2. The average Bonchev–Trinajstić information content (AvgIpc) is 3.67. The van der Waals surface area contributed by atoms with E-state index < -0.39 is 17.6 Å². The Morgan fingerprint density at radius 1 is 1.11 bits per heavy atom. The minimum Gasteiger partial charge on any atom is -0.496 e. The van der Waals surface area contributed by atoms with E-state index in [1.807, 2.05) is 37.3 Å². The number of carbonyl (C=O) groups is 2. The number of rotatable bonds is 8. The van der Waals surface area contributed by atoms with Gasteiger partial charge in [-0.3, -0.25) is 9.59 Å². The number of likely N-dealkylation sites (N-methyl/N-ethyl adjacent to an activating group) is 2. The van der Waals surface area contributed by atoms with Crippen molar-refractivity contribution in [2.75, 3.05) is 39.7 Å². The number of ether oxygens (including phenoxy) is 3. The topological polar surface area (TPSA) is 95.7 Å². The van der Waals surface area contributed by atoms with E-state index in [4.69, 9.17) is 25.8 Å². The van der Waals surface area contributed by atoms with Crippen molar-refractivity contribution in [3.8, 4) is 28.0 Å². The molecule has 9 nitrogen and oxygen atoms in total. The number of nitrogens with one attached hydrogen (secondary N) is 2. The Balaban J connectivity index is 1.28. The molecule has 2 N–H and O–H groups in total. The molecule has 0 aliphatic carbocycles. The Labute approximate surface area is 260 Å². The standard InChI is InChI=1S/C33H34ClFN4O5/c1-18-21(7-6-10-27(18)37-30(40)25-16-38(2)32-33(44-32)39(3)31(25)41)23-9-5-8-22(29(23)34)19-13-26(35)24(28(14-19)42-4)15-36-20-11-12-43-17-20/h5-10,13-14,16,20,32-33,36H,11-12,15,17H2,1-4H3,(H,37,40)/t20-,32?,33?/m1/s1. The highest BCUT2D eigenvalue weighted by Gasteiger charge is 2.50. The van der Waals surface area contributed by atoms with Gasteiger partial charge >= 0.3 is 0 Å². The Morgan fingerprint density at radius 2 is 1.86 bits per heavy atom. The SMILES string of the molecule is COc1cc(-c2cccc(-c3cccc(NC(=O)C4=CN(C)C5OC5N(C)C4=O)c3C)c2Cl)cc(F)c1CN[C@@H]1CCOC1. The summed E-state index contributed by atoms with van der Waals surface area (Å²) in [4.78, 5) is 29.4. The summed E-state index contributed by atoms with van der Waals surface area (Å²) in [5.74, 6) is -0.902. The number of carbonyl (C=O) groups excluding carboxylic acids is 2. The molecule has 0 bridgehead atoms. The molecule has 230 valence electrons. The van der Waals surface area contributed by atoms with Crippen molar-refractivity contribution >= 4 is 29.1 Å². The second-order valence-corrected chi connectivity index (χ2v) is 11.6. The van der Waals surface area contributed by atoms with Crippen LogP contribution in [0.3, 0.4) is 0 Å². The van der Waals surface area contributed by atoms with E-state index in [0.29, 0.717) is 58.5 Å². The predicted molar refractivity (Wildman–Crippen MR) is 166 cm³/mol.